The number of benzene rings is 1. The summed E-state index contributed by atoms with van der Waals surface area (Å²) in [5, 5.41) is 9.42. The number of aromatic nitrogens is 4. The number of anilines is 1. The highest BCUT2D eigenvalue weighted by atomic mass is 31.2. The van der Waals surface area contributed by atoms with Crippen LogP contribution in [0.3, 0.4) is 0 Å². The number of hydrogen-bond acceptors (Lipinski definition) is 10. The van der Waals surface area contributed by atoms with Crippen molar-refractivity contribution in [1.82, 2.24) is 25.1 Å². The smallest absolute Gasteiger partial charge is 0.351 e. The zero-order valence-electron chi connectivity index (χ0n) is 21.8. The van der Waals surface area contributed by atoms with Gasteiger partial charge in [0.2, 0.25) is 5.88 Å². The summed E-state index contributed by atoms with van der Waals surface area (Å²) in [5.41, 5.74) is 0.368. The Morgan fingerprint density at radius 1 is 1.03 bits per heavy atom. The Morgan fingerprint density at radius 3 is 2.34 bits per heavy atom. The summed E-state index contributed by atoms with van der Waals surface area (Å²) in [5.74, 6) is 0.178. The standard InChI is InChI=1S/C24H31N6O7P/c1-6-34-38(33,35-7-2)15-30-9-8-21(29-30)28-23(31)17-10-18(36-16(3)4)12-19(11-17)37-22-14-26-20(13-27-22)24(32)25-5/h8-14,16H,6-7,15H2,1-5H3,(H,25,32)(H,28,29,31). The van der Waals surface area contributed by atoms with Crippen molar-refractivity contribution >= 4 is 25.2 Å². The van der Waals surface area contributed by atoms with Crippen molar-refractivity contribution in [3.8, 4) is 17.4 Å². The summed E-state index contributed by atoms with van der Waals surface area (Å²) in [6.07, 6.45) is 3.89. The molecule has 38 heavy (non-hydrogen) atoms. The molecule has 3 aromatic rings. The summed E-state index contributed by atoms with van der Waals surface area (Å²) in [6, 6.07) is 6.25. The van der Waals surface area contributed by atoms with Gasteiger partial charge in [0.1, 0.15) is 23.5 Å². The van der Waals surface area contributed by atoms with Crippen molar-refractivity contribution in [2.75, 3.05) is 25.6 Å². The molecule has 13 nitrogen and oxygen atoms in total. The van der Waals surface area contributed by atoms with Gasteiger partial charge in [0.15, 0.2) is 5.82 Å². The van der Waals surface area contributed by atoms with Crippen LogP contribution in [-0.2, 0) is 19.9 Å². The van der Waals surface area contributed by atoms with Gasteiger partial charge in [-0.05, 0) is 39.8 Å². The van der Waals surface area contributed by atoms with Crippen molar-refractivity contribution in [3.05, 3.63) is 54.1 Å². The molecule has 0 aliphatic heterocycles. The summed E-state index contributed by atoms with van der Waals surface area (Å²) >= 11 is 0. The second-order valence-electron chi connectivity index (χ2n) is 8.06. The maximum absolute atomic E-state index is 13.1. The number of nitrogens with one attached hydrogen (secondary N) is 2. The van der Waals surface area contributed by atoms with Gasteiger partial charge in [-0.15, -0.1) is 0 Å². The highest BCUT2D eigenvalue weighted by Crippen LogP contribution is 2.49. The number of hydrogen-bond donors (Lipinski definition) is 2. The lowest BCUT2D eigenvalue weighted by Crippen LogP contribution is -2.19. The van der Waals surface area contributed by atoms with E-state index < -0.39 is 13.5 Å². The number of nitrogens with zero attached hydrogens (tertiary/aromatic N) is 4. The predicted octanol–water partition coefficient (Wildman–Crippen LogP) is 4.09. The van der Waals surface area contributed by atoms with E-state index >= 15 is 0 Å². The molecule has 2 aromatic heterocycles. The van der Waals surface area contributed by atoms with E-state index in [9.17, 15) is 14.2 Å². The topological polar surface area (TPSA) is 156 Å². The molecule has 2 heterocycles. The lowest BCUT2D eigenvalue weighted by molar-refractivity contribution is 0.0956. The molecule has 1 aromatic carbocycles. The molecule has 2 amide bonds. The van der Waals surface area contributed by atoms with E-state index in [0.717, 1.165) is 0 Å². The molecular weight excluding hydrogens is 515 g/mol. The van der Waals surface area contributed by atoms with E-state index in [4.69, 9.17) is 18.5 Å². The zero-order chi connectivity index (χ0) is 27.7. The van der Waals surface area contributed by atoms with Crippen molar-refractivity contribution in [3.63, 3.8) is 0 Å². The molecule has 0 unspecified atom stereocenters. The molecule has 0 aliphatic rings. The molecule has 204 valence electrons. The molecule has 14 heteroatoms. The molecule has 0 radical (unpaired) electrons. The van der Waals surface area contributed by atoms with Gasteiger partial charge in [-0.3, -0.25) is 18.8 Å². The maximum atomic E-state index is 13.1. The van der Waals surface area contributed by atoms with Gasteiger partial charge in [-0.25, -0.2) is 9.97 Å². The highest BCUT2D eigenvalue weighted by molar-refractivity contribution is 7.52. The second-order valence-corrected chi connectivity index (χ2v) is 10.1. The largest absolute Gasteiger partial charge is 0.491 e. The Morgan fingerprint density at radius 2 is 1.74 bits per heavy atom. The number of rotatable bonds is 13. The Balaban J connectivity index is 1.78. The van der Waals surface area contributed by atoms with E-state index in [0.29, 0.717) is 5.75 Å². The number of amides is 2. The number of carbonyl (C=O) groups is 2. The number of ether oxygens (including phenoxy) is 2. The van der Waals surface area contributed by atoms with E-state index in [-0.39, 0.29) is 60.2 Å². The van der Waals surface area contributed by atoms with Crippen LogP contribution in [-0.4, -0.2) is 57.9 Å². The van der Waals surface area contributed by atoms with Crippen LogP contribution >= 0.6 is 7.60 Å². The Bertz CT molecular complexity index is 1290. The lowest BCUT2D eigenvalue weighted by Gasteiger charge is -2.16. The SMILES string of the molecule is CCOP(=O)(Cn1ccc(NC(=O)c2cc(Oc3cnc(C(=O)NC)cn3)cc(OC(C)C)c2)n1)OCC. The fraction of sp³-hybridized carbons (Fsp3) is 0.375. The average molecular weight is 547 g/mol. The molecule has 0 saturated heterocycles. The third-order valence-electron chi connectivity index (χ3n) is 4.68. The van der Waals surface area contributed by atoms with Crippen molar-refractivity contribution < 1.29 is 32.7 Å². The Labute approximate surface area is 220 Å². The maximum Gasteiger partial charge on any atom is 0.351 e. The average Bonchev–Trinajstić information content (AvgIpc) is 3.29. The summed E-state index contributed by atoms with van der Waals surface area (Å²) < 4.78 is 36.3. The summed E-state index contributed by atoms with van der Waals surface area (Å²) in [4.78, 5) is 32.9. The molecule has 0 aliphatic carbocycles. The Kier molecular flexibility index (Phi) is 9.94. The minimum atomic E-state index is -3.37. The van der Waals surface area contributed by atoms with Crippen LogP contribution in [0.2, 0.25) is 0 Å². The summed E-state index contributed by atoms with van der Waals surface area (Å²) in [7, 11) is -1.88. The van der Waals surface area contributed by atoms with Crippen LogP contribution in [0.5, 0.6) is 17.4 Å². The van der Waals surface area contributed by atoms with E-state index in [1.54, 1.807) is 38.2 Å². The third-order valence-corrected chi connectivity index (χ3v) is 6.62. The summed E-state index contributed by atoms with van der Waals surface area (Å²) in [6.45, 7) is 7.61. The fourth-order valence-electron chi connectivity index (χ4n) is 3.22. The third kappa shape index (κ3) is 8.10. The van der Waals surface area contributed by atoms with E-state index in [1.807, 2.05) is 13.8 Å². The first-order chi connectivity index (χ1) is 18.1. The zero-order valence-corrected chi connectivity index (χ0v) is 22.7. The first-order valence-electron chi connectivity index (χ1n) is 11.9. The molecule has 0 fully saturated rings. The number of carbonyl (C=O) groups excluding carboxylic acids is 2. The first kappa shape index (κ1) is 28.8. The normalized spacial score (nSPS) is 11.3. The van der Waals surface area contributed by atoms with Crippen molar-refractivity contribution in [2.45, 2.75) is 40.1 Å². The van der Waals surface area contributed by atoms with Gasteiger partial charge in [0, 0.05) is 30.9 Å². The monoisotopic (exact) mass is 546 g/mol. The van der Waals surface area contributed by atoms with Crippen LogP contribution in [0.25, 0.3) is 0 Å². The quantitative estimate of drug-likeness (QED) is 0.299. The van der Waals surface area contributed by atoms with Gasteiger partial charge in [-0.2, -0.15) is 5.10 Å². The van der Waals surface area contributed by atoms with Gasteiger partial charge in [0.05, 0.1) is 31.7 Å². The minimum absolute atomic E-state index is 0.0972. The Hall–Kier alpha value is -3.80. The molecule has 0 saturated carbocycles. The van der Waals surface area contributed by atoms with Crippen molar-refractivity contribution in [1.29, 1.82) is 0 Å². The highest BCUT2D eigenvalue weighted by Gasteiger charge is 2.25. The van der Waals surface area contributed by atoms with Crippen LogP contribution in [0.1, 0.15) is 48.5 Å². The van der Waals surface area contributed by atoms with Crippen LogP contribution in [0.15, 0.2) is 42.9 Å². The van der Waals surface area contributed by atoms with E-state index in [1.165, 1.54) is 30.2 Å². The van der Waals surface area contributed by atoms with Crippen LogP contribution in [0.4, 0.5) is 5.82 Å². The molecule has 0 bridgehead atoms. The van der Waals surface area contributed by atoms with Gasteiger partial charge >= 0.3 is 7.60 Å². The van der Waals surface area contributed by atoms with Crippen LogP contribution in [0, 0.1) is 0 Å². The van der Waals surface area contributed by atoms with Crippen molar-refractivity contribution in [2.24, 2.45) is 0 Å². The molecule has 0 atom stereocenters. The first-order valence-corrected chi connectivity index (χ1v) is 13.6. The van der Waals surface area contributed by atoms with Gasteiger partial charge in [-0.1, -0.05) is 0 Å². The minimum Gasteiger partial charge on any atom is -0.491 e. The fourth-order valence-corrected chi connectivity index (χ4v) is 4.76. The molecule has 3 rings (SSSR count). The lowest BCUT2D eigenvalue weighted by atomic mass is 10.2. The predicted molar refractivity (Wildman–Crippen MR) is 139 cm³/mol. The molecular formula is C24H31N6O7P. The molecule has 0 spiro atoms. The van der Waals surface area contributed by atoms with Gasteiger partial charge < -0.3 is 29.2 Å². The molecule has 2 N–H and O–H groups in total. The van der Waals surface area contributed by atoms with E-state index in [2.05, 4.69) is 25.7 Å². The second kappa shape index (κ2) is 13.1. The van der Waals surface area contributed by atoms with Gasteiger partial charge in [0.25, 0.3) is 11.8 Å². The van der Waals surface area contributed by atoms with Crippen LogP contribution < -0.4 is 20.1 Å².